The number of methoxy groups -OCH3 is 1. The molecule has 0 aromatic heterocycles. The largest absolute Gasteiger partial charge is 0.490 e. The van der Waals surface area contributed by atoms with Crippen molar-refractivity contribution in [2.75, 3.05) is 31.8 Å². The molecule has 1 saturated heterocycles. The maximum atomic E-state index is 13.4. The second-order valence-electron chi connectivity index (χ2n) is 7.79. The van der Waals surface area contributed by atoms with Crippen molar-refractivity contribution in [3.63, 3.8) is 0 Å². The number of ether oxygens (including phenoxy) is 3. The molecule has 1 heterocycles. The van der Waals surface area contributed by atoms with Crippen LogP contribution in [-0.4, -0.2) is 48.8 Å². The molecule has 7 nitrogen and oxygen atoms in total. The van der Waals surface area contributed by atoms with Crippen LogP contribution in [0.25, 0.3) is 6.08 Å². The zero-order valence-corrected chi connectivity index (χ0v) is 20.1. The molecule has 33 heavy (non-hydrogen) atoms. The number of anilines is 1. The molecule has 0 aliphatic carbocycles. The molecule has 1 aliphatic rings. The molecule has 0 unspecified atom stereocenters. The van der Waals surface area contributed by atoms with Crippen LogP contribution in [0.15, 0.2) is 54.2 Å². The highest BCUT2D eigenvalue weighted by Crippen LogP contribution is 2.32. The number of hydrogen-bond acceptors (Lipinski definition) is 6. The minimum atomic E-state index is -0.501. The maximum absolute atomic E-state index is 13.4. The van der Waals surface area contributed by atoms with Crippen LogP contribution in [0.1, 0.15) is 26.3 Å². The molecule has 0 radical (unpaired) electrons. The van der Waals surface area contributed by atoms with Crippen LogP contribution in [0.5, 0.6) is 11.5 Å². The summed E-state index contributed by atoms with van der Waals surface area (Å²) in [5.74, 6) is 0.763. The van der Waals surface area contributed by atoms with Gasteiger partial charge in [-0.05, 0) is 61.0 Å². The summed E-state index contributed by atoms with van der Waals surface area (Å²) < 4.78 is 16.4. The number of benzene rings is 2. The Balaban J connectivity index is 2.00. The lowest BCUT2D eigenvalue weighted by atomic mass is 10.1. The molecule has 2 aromatic carbocycles. The lowest BCUT2D eigenvalue weighted by molar-refractivity contribution is -0.140. The Hall–Kier alpha value is -3.39. The van der Waals surface area contributed by atoms with Gasteiger partial charge in [0.05, 0.1) is 26.0 Å². The Kier molecular flexibility index (Phi) is 8.06. The molecule has 3 rings (SSSR count). The molecule has 0 bridgehead atoms. The second-order valence-corrected chi connectivity index (χ2v) is 8.16. The quantitative estimate of drug-likeness (QED) is 0.309. The van der Waals surface area contributed by atoms with E-state index >= 15 is 0 Å². The average Bonchev–Trinajstić information content (AvgIpc) is 3.03. The molecule has 1 aliphatic heterocycles. The third-order valence-corrected chi connectivity index (χ3v) is 5.21. The van der Waals surface area contributed by atoms with Gasteiger partial charge in [-0.1, -0.05) is 38.1 Å². The first-order valence-electron chi connectivity index (χ1n) is 10.7. The van der Waals surface area contributed by atoms with Gasteiger partial charge in [-0.15, -0.1) is 0 Å². The zero-order chi connectivity index (χ0) is 24.0. The second kappa shape index (κ2) is 11.0. The molecular weight excluding hydrogens is 440 g/mol. The highest BCUT2D eigenvalue weighted by Gasteiger charge is 2.40. The van der Waals surface area contributed by atoms with E-state index in [0.29, 0.717) is 41.9 Å². The van der Waals surface area contributed by atoms with Crippen LogP contribution < -0.4 is 14.4 Å². The smallest absolute Gasteiger partial charge is 0.325 e. The van der Waals surface area contributed by atoms with Crippen molar-refractivity contribution in [3.05, 3.63) is 59.8 Å². The number of para-hydroxylation sites is 1. The van der Waals surface area contributed by atoms with Crippen LogP contribution in [-0.2, 0) is 14.3 Å². The molecule has 1 fully saturated rings. The van der Waals surface area contributed by atoms with Crippen LogP contribution in [0.2, 0.25) is 0 Å². The van der Waals surface area contributed by atoms with Gasteiger partial charge in [0, 0.05) is 0 Å². The van der Waals surface area contributed by atoms with Crippen LogP contribution in [0.3, 0.4) is 0 Å². The standard InChI is InChI=1S/C25H28N2O5S/c1-5-31-22-14-18(11-12-21(22)32-16-17(2)3)13-20-24(29)27(19-9-7-6-8-10-19)25(33)26(20)15-23(28)30-4/h6-14,17H,5,15-16H2,1-4H3. The van der Waals surface area contributed by atoms with Crippen molar-refractivity contribution < 1.29 is 23.8 Å². The summed E-state index contributed by atoms with van der Waals surface area (Å²) in [7, 11) is 1.30. The molecule has 0 N–H and O–H groups in total. The van der Waals surface area contributed by atoms with Crippen molar-refractivity contribution in [2.24, 2.45) is 5.92 Å². The van der Waals surface area contributed by atoms with Gasteiger partial charge in [0.1, 0.15) is 12.2 Å². The summed E-state index contributed by atoms with van der Waals surface area (Å²) in [5, 5.41) is 0.213. The minimum Gasteiger partial charge on any atom is -0.490 e. The van der Waals surface area contributed by atoms with E-state index in [0.717, 1.165) is 0 Å². The van der Waals surface area contributed by atoms with Crippen molar-refractivity contribution in [2.45, 2.75) is 20.8 Å². The van der Waals surface area contributed by atoms with E-state index in [1.165, 1.54) is 16.9 Å². The topological polar surface area (TPSA) is 68.3 Å². The Labute approximate surface area is 199 Å². The number of thiocarbonyl (C=S) groups is 1. The predicted octanol–water partition coefficient (Wildman–Crippen LogP) is 4.27. The van der Waals surface area contributed by atoms with Gasteiger partial charge in [0.2, 0.25) is 0 Å². The molecule has 0 saturated carbocycles. The number of carbonyl (C=O) groups is 2. The molecule has 2 aromatic rings. The van der Waals surface area contributed by atoms with Crippen LogP contribution in [0, 0.1) is 5.92 Å². The summed E-state index contributed by atoms with van der Waals surface area (Å²) in [6.45, 7) is 6.89. The van der Waals surface area contributed by atoms with E-state index < -0.39 is 5.97 Å². The SMILES string of the molecule is CCOc1cc(C=C2C(=O)N(c3ccccc3)C(=S)N2CC(=O)OC)ccc1OCC(C)C. The minimum absolute atomic E-state index is 0.176. The van der Waals surface area contributed by atoms with Crippen LogP contribution in [0.4, 0.5) is 5.69 Å². The molecule has 8 heteroatoms. The Morgan fingerprint density at radius 2 is 1.82 bits per heavy atom. The van der Waals surface area contributed by atoms with Crippen molar-refractivity contribution in [1.29, 1.82) is 0 Å². The van der Waals surface area contributed by atoms with E-state index in [1.807, 2.05) is 43.3 Å². The van der Waals surface area contributed by atoms with E-state index in [4.69, 9.17) is 26.4 Å². The fourth-order valence-corrected chi connectivity index (χ4v) is 3.60. The first kappa shape index (κ1) is 24.3. The number of nitrogens with zero attached hydrogens (tertiary/aromatic N) is 2. The average molecular weight is 469 g/mol. The van der Waals surface area contributed by atoms with Gasteiger partial charge in [0.25, 0.3) is 5.91 Å². The van der Waals surface area contributed by atoms with E-state index in [1.54, 1.807) is 18.2 Å². The fraction of sp³-hybridized carbons (Fsp3) is 0.320. The lowest BCUT2D eigenvalue weighted by Gasteiger charge is -2.19. The van der Waals surface area contributed by atoms with Gasteiger partial charge in [-0.2, -0.15) is 0 Å². The highest BCUT2D eigenvalue weighted by molar-refractivity contribution is 7.80. The first-order chi connectivity index (χ1) is 15.8. The van der Waals surface area contributed by atoms with E-state index in [2.05, 4.69) is 13.8 Å². The Morgan fingerprint density at radius 1 is 1.09 bits per heavy atom. The third-order valence-electron chi connectivity index (χ3n) is 4.81. The summed E-state index contributed by atoms with van der Waals surface area (Å²) in [4.78, 5) is 28.3. The number of amides is 1. The lowest BCUT2D eigenvalue weighted by Crippen LogP contribution is -2.35. The summed E-state index contributed by atoms with van der Waals surface area (Å²) in [6, 6.07) is 14.5. The third kappa shape index (κ3) is 5.70. The van der Waals surface area contributed by atoms with Gasteiger partial charge in [0.15, 0.2) is 16.6 Å². The normalized spacial score (nSPS) is 14.9. The summed E-state index contributed by atoms with van der Waals surface area (Å²) >= 11 is 5.57. The molecule has 174 valence electrons. The number of rotatable bonds is 9. The van der Waals surface area contributed by atoms with Crippen molar-refractivity contribution in [3.8, 4) is 11.5 Å². The van der Waals surface area contributed by atoms with Crippen molar-refractivity contribution >= 4 is 41.0 Å². The van der Waals surface area contributed by atoms with Gasteiger partial charge >= 0.3 is 5.97 Å². The van der Waals surface area contributed by atoms with Gasteiger partial charge in [-0.25, -0.2) is 0 Å². The number of carbonyl (C=O) groups excluding carboxylic acids is 2. The first-order valence-corrected chi connectivity index (χ1v) is 11.2. The van der Waals surface area contributed by atoms with Gasteiger partial charge in [-0.3, -0.25) is 14.5 Å². The van der Waals surface area contributed by atoms with E-state index in [9.17, 15) is 9.59 Å². The monoisotopic (exact) mass is 468 g/mol. The fourth-order valence-electron chi connectivity index (χ4n) is 3.25. The summed E-state index contributed by atoms with van der Waals surface area (Å²) in [5.41, 5.74) is 1.61. The Bertz CT molecular complexity index is 1050. The highest BCUT2D eigenvalue weighted by atomic mass is 32.1. The number of esters is 1. The van der Waals surface area contributed by atoms with Crippen LogP contribution >= 0.6 is 12.2 Å². The Morgan fingerprint density at radius 3 is 2.45 bits per heavy atom. The maximum Gasteiger partial charge on any atom is 0.325 e. The predicted molar refractivity (Wildman–Crippen MR) is 131 cm³/mol. The molecule has 0 spiro atoms. The van der Waals surface area contributed by atoms with E-state index in [-0.39, 0.29) is 23.3 Å². The number of hydrogen-bond donors (Lipinski definition) is 0. The molecule has 1 amide bonds. The zero-order valence-electron chi connectivity index (χ0n) is 19.2. The van der Waals surface area contributed by atoms with Gasteiger partial charge < -0.3 is 19.1 Å². The van der Waals surface area contributed by atoms with Crippen molar-refractivity contribution in [1.82, 2.24) is 4.90 Å². The molecular formula is C25H28N2O5S. The molecule has 0 atom stereocenters. The summed E-state index contributed by atoms with van der Waals surface area (Å²) in [6.07, 6.45) is 1.69.